The molecule has 2 atom stereocenters. The molecule has 0 bridgehead atoms. The lowest BCUT2D eigenvalue weighted by atomic mass is 9.97. The molecule has 0 saturated carbocycles. The molecule has 0 aliphatic carbocycles. The topological polar surface area (TPSA) is 121 Å². The Morgan fingerprint density at radius 1 is 1.27 bits per heavy atom. The number of hydrogen-bond acceptors (Lipinski definition) is 7. The first-order valence-corrected chi connectivity index (χ1v) is 12.7. The number of nitrogens with one attached hydrogen (secondary N) is 2. The van der Waals surface area contributed by atoms with Crippen molar-refractivity contribution in [3.05, 3.63) is 52.1 Å². The maximum Gasteiger partial charge on any atom is 0.269 e. The number of anilines is 1. The van der Waals surface area contributed by atoms with Crippen molar-refractivity contribution < 1.29 is 17.9 Å². The first-order valence-electron chi connectivity index (χ1n) is 11.2. The van der Waals surface area contributed by atoms with E-state index in [1.54, 1.807) is 12.1 Å². The fourth-order valence-corrected chi connectivity index (χ4v) is 5.83. The van der Waals surface area contributed by atoms with Gasteiger partial charge in [-0.2, -0.15) is 0 Å². The Labute approximate surface area is 193 Å². The smallest absolute Gasteiger partial charge is 0.269 e. The number of pyridine rings is 2. The van der Waals surface area contributed by atoms with Crippen LogP contribution in [0, 0.1) is 5.92 Å². The molecule has 2 fully saturated rings. The fourth-order valence-electron chi connectivity index (χ4n) is 4.81. The Kier molecular flexibility index (Phi) is 6.32. The van der Waals surface area contributed by atoms with Crippen LogP contribution in [0.3, 0.4) is 0 Å². The lowest BCUT2D eigenvalue weighted by molar-refractivity contribution is 0.0123. The molecule has 2 saturated heterocycles. The van der Waals surface area contributed by atoms with Gasteiger partial charge in [-0.05, 0) is 69.7 Å². The highest BCUT2D eigenvalue weighted by Gasteiger charge is 2.39. The van der Waals surface area contributed by atoms with Crippen LogP contribution in [-0.4, -0.2) is 43.0 Å². The molecule has 4 heterocycles. The molecule has 9 nitrogen and oxygen atoms in total. The maximum atomic E-state index is 13.2. The lowest BCUT2D eigenvalue weighted by Gasteiger charge is -2.34. The van der Waals surface area contributed by atoms with E-state index in [1.165, 1.54) is 12.3 Å². The van der Waals surface area contributed by atoms with Crippen LogP contribution in [0.5, 0.6) is 0 Å². The Bertz CT molecular complexity index is 1200. The van der Waals surface area contributed by atoms with E-state index in [1.807, 2.05) is 4.72 Å². The molecule has 0 spiro atoms. The average molecular weight is 475 g/mol. The molecule has 178 valence electrons. The molecule has 0 aromatic carbocycles. The summed E-state index contributed by atoms with van der Waals surface area (Å²) < 4.78 is 33.5. The summed E-state index contributed by atoms with van der Waals surface area (Å²) in [6.45, 7) is 7.68. The monoisotopic (exact) mass is 474 g/mol. The Morgan fingerprint density at radius 3 is 2.70 bits per heavy atom. The van der Waals surface area contributed by atoms with E-state index in [0.29, 0.717) is 24.9 Å². The Hall–Kier alpha value is -2.72. The summed E-state index contributed by atoms with van der Waals surface area (Å²) in [5.41, 5.74) is -0.176. The third-order valence-corrected chi connectivity index (χ3v) is 7.63. The second-order valence-corrected chi connectivity index (χ2v) is 11.1. The SMILES string of the molecule is C[C@@H]1CN(c2nc(C3CCCCO3)ccc2C(=O)NS(=O)(=O)c2ccc[nH]c2=O)C(C)(C)C1. The molecule has 2 N–H and O–H groups in total. The summed E-state index contributed by atoms with van der Waals surface area (Å²) in [6.07, 6.45) is 5.00. The van der Waals surface area contributed by atoms with Crippen molar-refractivity contribution in [2.24, 2.45) is 5.92 Å². The summed E-state index contributed by atoms with van der Waals surface area (Å²) in [4.78, 5) is 33.9. The van der Waals surface area contributed by atoms with E-state index in [2.05, 4.69) is 30.7 Å². The minimum absolute atomic E-state index is 0.146. The third kappa shape index (κ3) is 4.81. The van der Waals surface area contributed by atoms with E-state index in [0.717, 1.165) is 37.4 Å². The standard InChI is InChI=1S/C23H30N4O5S/c1-15-13-23(2,3)27(14-15)20-16(9-10-17(25-20)18-7-4-5-12-32-18)21(28)26-33(30,31)19-8-6-11-24-22(19)29/h6,8-11,15,18H,4-5,7,12-14H2,1-3H3,(H,24,29)(H,26,28)/t15-,18?/m0/s1. The van der Waals surface area contributed by atoms with Gasteiger partial charge >= 0.3 is 0 Å². The van der Waals surface area contributed by atoms with E-state index >= 15 is 0 Å². The summed E-state index contributed by atoms with van der Waals surface area (Å²) in [5.74, 6) is -0.00294. The van der Waals surface area contributed by atoms with Gasteiger partial charge in [0.2, 0.25) is 0 Å². The van der Waals surface area contributed by atoms with Crippen LogP contribution >= 0.6 is 0 Å². The zero-order chi connectivity index (χ0) is 23.8. The Morgan fingerprint density at radius 2 is 2.06 bits per heavy atom. The minimum Gasteiger partial charge on any atom is -0.372 e. The average Bonchev–Trinajstić information content (AvgIpc) is 3.05. The number of carbonyl (C=O) groups excluding carboxylic acids is 1. The zero-order valence-corrected chi connectivity index (χ0v) is 19.9. The number of hydrogen-bond donors (Lipinski definition) is 2. The van der Waals surface area contributed by atoms with Crippen LogP contribution in [0.25, 0.3) is 0 Å². The molecule has 2 aromatic heterocycles. The molecule has 1 unspecified atom stereocenters. The van der Waals surface area contributed by atoms with Gasteiger partial charge in [-0.25, -0.2) is 18.1 Å². The second kappa shape index (κ2) is 8.90. The van der Waals surface area contributed by atoms with Crippen LogP contribution in [0.1, 0.15) is 68.6 Å². The van der Waals surface area contributed by atoms with Gasteiger partial charge in [-0.3, -0.25) is 9.59 Å². The molecule has 33 heavy (non-hydrogen) atoms. The fraction of sp³-hybridized carbons (Fsp3) is 0.522. The number of sulfonamides is 1. The zero-order valence-electron chi connectivity index (χ0n) is 19.1. The molecule has 2 aromatic rings. The third-order valence-electron chi connectivity index (χ3n) is 6.28. The number of ether oxygens (including phenoxy) is 1. The number of aromatic amines is 1. The van der Waals surface area contributed by atoms with Gasteiger partial charge in [0.25, 0.3) is 21.5 Å². The van der Waals surface area contributed by atoms with Gasteiger partial charge in [0.05, 0.1) is 17.4 Å². The predicted octanol–water partition coefficient (Wildman–Crippen LogP) is 2.76. The molecular weight excluding hydrogens is 444 g/mol. The quantitative estimate of drug-likeness (QED) is 0.683. The van der Waals surface area contributed by atoms with Crippen molar-refractivity contribution in [3.63, 3.8) is 0 Å². The molecule has 2 aliphatic heterocycles. The summed E-state index contributed by atoms with van der Waals surface area (Å²) in [6, 6.07) is 5.88. The molecular formula is C23H30N4O5S. The number of rotatable bonds is 5. The Balaban J connectivity index is 1.73. The number of aromatic nitrogens is 2. The van der Waals surface area contributed by atoms with Gasteiger partial charge in [0, 0.05) is 24.9 Å². The molecule has 1 amide bonds. The predicted molar refractivity (Wildman–Crippen MR) is 124 cm³/mol. The molecule has 4 rings (SSSR count). The van der Waals surface area contributed by atoms with Crippen LogP contribution < -0.4 is 15.2 Å². The van der Waals surface area contributed by atoms with Crippen LogP contribution in [0.2, 0.25) is 0 Å². The van der Waals surface area contributed by atoms with E-state index < -0.39 is 26.4 Å². The van der Waals surface area contributed by atoms with E-state index in [9.17, 15) is 18.0 Å². The van der Waals surface area contributed by atoms with Crippen molar-refractivity contribution in [1.82, 2.24) is 14.7 Å². The van der Waals surface area contributed by atoms with Crippen LogP contribution in [0.4, 0.5) is 5.82 Å². The highest BCUT2D eigenvalue weighted by molar-refractivity contribution is 7.90. The number of nitrogens with zero attached hydrogens (tertiary/aromatic N) is 2. The van der Waals surface area contributed by atoms with Gasteiger partial charge in [-0.1, -0.05) is 6.92 Å². The second-order valence-electron chi connectivity index (χ2n) is 9.49. The highest BCUT2D eigenvalue weighted by Crippen LogP contribution is 2.38. The van der Waals surface area contributed by atoms with Gasteiger partial charge in [0.1, 0.15) is 5.82 Å². The largest absolute Gasteiger partial charge is 0.372 e. The summed E-state index contributed by atoms with van der Waals surface area (Å²) >= 11 is 0. The van der Waals surface area contributed by atoms with Crippen molar-refractivity contribution in [1.29, 1.82) is 0 Å². The van der Waals surface area contributed by atoms with Crippen LogP contribution in [0.15, 0.2) is 40.2 Å². The first-order chi connectivity index (χ1) is 15.6. The van der Waals surface area contributed by atoms with Crippen LogP contribution in [-0.2, 0) is 14.8 Å². The minimum atomic E-state index is -4.36. The summed E-state index contributed by atoms with van der Waals surface area (Å²) in [5, 5.41) is 0. The van der Waals surface area contributed by atoms with Gasteiger partial charge in [-0.15, -0.1) is 0 Å². The van der Waals surface area contributed by atoms with Gasteiger partial charge in [0.15, 0.2) is 4.90 Å². The number of H-pyrrole nitrogens is 1. The normalized spacial score (nSPS) is 22.8. The van der Waals surface area contributed by atoms with Gasteiger partial charge < -0.3 is 14.6 Å². The lowest BCUT2D eigenvalue weighted by Crippen LogP contribution is -2.41. The van der Waals surface area contributed by atoms with Crippen molar-refractivity contribution in [2.45, 2.75) is 63.0 Å². The van der Waals surface area contributed by atoms with E-state index in [4.69, 9.17) is 9.72 Å². The maximum absolute atomic E-state index is 13.2. The first kappa shape index (κ1) is 23.4. The molecule has 0 radical (unpaired) electrons. The summed E-state index contributed by atoms with van der Waals surface area (Å²) in [7, 11) is -4.36. The molecule has 10 heteroatoms. The van der Waals surface area contributed by atoms with E-state index in [-0.39, 0.29) is 17.2 Å². The van der Waals surface area contributed by atoms with Crippen molar-refractivity contribution in [3.8, 4) is 0 Å². The molecule has 2 aliphatic rings. The van der Waals surface area contributed by atoms with Crippen molar-refractivity contribution in [2.75, 3.05) is 18.1 Å². The number of carbonyl (C=O) groups is 1. The van der Waals surface area contributed by atoms with Crippen molar-refractivity contribution >= 4 is 21.7 Å². The number of amides is 1. The highest BCUT2D eigenvalue weighted by atomic mass is 32.2.